The summed E-state index contributed by atoms with van der Waals surface area (Å²) < 4.78 is 17.0. The molecule has 1 aromatic carbocycles. The van der Waals surface area contributed by atoms with E-state index in [1.165, 1.54) is 44.1 Å². The van der Waals surface area contributed by atoms with Gasteiger partial charge in [0.2, 0.25) is 0 Å². The van der Waals surface area contributed by atoms with Gasteiger partial charge in [0.05, 0.1) is 32.5 Å². The molecule has 30 heavy (non-hydrogen) atoms. The summed E-state index contributed by atoms with van der Waals surface area (Å²) in [7, 11) is 5.24. The van der Waals surface area contributed by atoms with Crippen molar-refractivity contribution in [1.82, 2.24) is 10.6 Å². The summed E-state index contributed by atoms with van der Waals surface area (Å²) in [6.45, 7) is 0.865. The van der Waals surface area contributed by atoms with Crippen LogP contribution in [0.5, 0.6) is 11.5 Å². The van der Waals surface area contributed by atoms with Crippen molar-refractivity contribution in [2.75, 3.05) is 27.8 Å². The third-order valence-corrected chi connectivity index (χ3v) is 7.05. The van der Waals surface area contributed by atoms with E-state index >= 15 is 0 Å². The van der Waals surface area contributed by atoms with Gasteiger partial charge in [-0.3, -0.25) is 4.99 Å². The minimum atomic E-state index is 0. The standard InChI is InChI=1S/C23H35N3O3.HI/c1-24-22(26-18-14-17-8-10-19(18)29-17)25-15-23(11-5-4-6-12-23)16-7-9-20(27-2)21(13-16)28-3;/h7,9,13,17-19H,4-6,8,10-12,14-15H2,1-3H3,(H2,24,25,26);1H. The average molecular weight is 529 g/mol. The lowest BCUT2D eigenvalue weighted by Gasteiger charge is -2.39. The summed E-state index contributed by atoms with van der Waals surface area (Å²) in [5, 5.41) is 7.26. The van der Waals surface area contributed by atoms with Crippen LogP contribution >= 0.6 is 24.0 Å². The Morgan fingerprint density at radius 1 is 1.13 bits per heavy atom. The number of fused-ring (bicyclic) bond motifs is 2. The number of hydrogen-bond donors (Lipinski definition) is 2. The zero-order valence-electron chi connectivity index (χ0n) is 18.4. The zero-order chi connectivity index (χ0) is 20.3. The van der Waals surface area contributed by atoms with Gasteiger partial charge in [0.15, 0.2) is 17.5 Å². The molecule has 2 aliphatic heterocycles. The highest BCUT2D eigenvalue weighted by atomic mass is 127. The van der Waals surface area contributed by atoms with E-state index in [1.54, 1.807) is 14.2 Å². The van der Waals surface area contributed by atoms with Crippen LogP contribution in [-0.2, 0) is 10.2 Å². The lowest BCUT2D eigenvalue weighted by molar-refractivity contribution is 0.0992. The molecule has 2 heterocycles. The SMILES string of the molecule is CN=C(NCC1(c2ccc(OC)c(OC)c2)CCCCC1)NC1CC2CCC1O2.I. The fourth-order valence-electron chi connectivity index (χ4n) is 5.38. The maximum Gasteiger partial charge on any atom is 0.191 e. The number of nitrogens with zero attached hydrogens (tertiary/aromatic N) is 1. The van der Waals surface area contributed by atoms with Crippen molar-refractivity contribution in [2.45, 2.75) is 75.0 Å². The first kappa shape index (κ1) is 23.4. The molecule has 3 atom stereocenters. The number of methoxy groups -OCH3 is 2. The van der Waals surface area contributed by atoms with E-state index < -0.39 is 0 Å². The van der Waals surface area contributed by atoms with Crippen molar-refractivity contribution < 1.29 is 14.2 Å². The van der Waals surface area contributed by atoms with Gasteiger partial charge in [-0.1, -0.05) is 25.3 Å². The smallest absolute Gasteiger partial charge is 0.191 e. The fraction of sp³-hybridized carbons (Fsp3) is 0.696. The lowest BCUT2D eigenvalue weighted by atomic mass is 9.69. The Hall–Kier alpha value is -1.22. The van der Waals surface area contributed by atoms with Crippen LogP contribution in [0.4, 0.5) is 0 Å². The van der Waals surface area contributed by atoms with Crippen molar-refractivity contribution in [3.63, 3.8) is 0 Å². The van der Waals surface area contributed by atoms with Gasteiger partial charge in [0, 0.05) is 19.0 Å². The normalized spacial score (nSPS) is 27.3. The molecule has 0 aromatic heterocycles. The van der Waals surface area contributed by atoms with E-state index in [1.807, 2.05) is 13.1 Å². The average Bonchev–Trinajstić information content (AvgIpc) is 3.40. The van der Waals surface area contributed by atoms with Crippen LogP contribution in [0.3, 0.4) is 0 Å². The van der Waals surface area contributed by atoms with Crippen LogP contribution in [0, 0.1) is 0 Å². The number of ether oxygens (including phenoxy) is 3. The summed E-state index contributed by atoms with van der Waals surface area (Å²) in [5.41, 5.74) is 1.40. The molecule has 0 amide bonds. The van der Waals surface area contributed by atoms with Crippen LogP contribution < -0.4 is 20.1 Å². The maximum absolute atomic E-state index is 5.99. The molecule has 0 radical (unpaired) electrons. The molecule has 1 saturated carbocycles. The van der Waals surface area contributed by atoms with Crippen LogP contribution in [-0.4, -0.2) is 52.0 Å². The molecule has 3 fully saturated rings. The summed E-state index contributed by atoms with van der Waals surface area (Å²) in [5.74, 6) is 2.47. The molecule has 1 aromatic rings. The Kier molecular flexibility index (Phi) is 8.12. The van der Waals surface area contributed by atoms with E-state index in [0.717, 1.165) is 36.8 Å². The number of hydrogen-bond acceptors (Lipinski definition) is 4. The molecular weight excluding hydrogens is 493 g/mol. The van der Waals surface area contributed by atoms with Gasteiger partial charge in [-0.2, -0.15) is 0 Å². The van der Waals surface area contributed by atoms with Crippen molar-refractivity contribution in [3.8, 4) is 11.5 Å². The first-order valence-corrected chi connectivity index (χ1v) is 11.0. The molecule has 2 N–H and O–H groups in total. The zero-order valence-corrected chi connectivity index (χ0v) is 20.7. The Morgan fingerprint density at radius 2 is 1.90 bits per heavy atom. The first-order chi connectivity index (χ1) is 14.2. The van der Waals surface area contributed by atoms with Gasteiger partial charge in [0.1, 0.15) is 0 Å². The number of benzene rings is 1. The summed E-state index contributed by atoms with van der Waals surface area (Å²) >= 11 is 0. The molecule has 4 rings (SSSR count). The largest absolute Gasteiger partial charge is 0.493 e. The van der Waals surface area contributed by atoms with Crippen molar-refractivity contribution in [1.29, 1.82) is 0 Å². The number of aliphatic imine (C=N–C) groups is 1. The minimum Gasteiger partial charge on any atom is -0.493 e. The predicted octanol–water partition coefficient (Wildman–Crippen LogP) is 4.01. The van der Waals surface area contributed by atoms with Crippen molar-refractivity contribution in [3.05, 3.63) is 23.8 Å². The molecule has 3 unspecified atom stereocenters. The molecule has 6 nitrogen and oxygen atoms in total. The quantitative estimate of drug-likeness (QED) is 0.332. The summed E-state index contributed by atoms with van der Waals surface area (Å²) in [6.07, 6.45) is 10.4. The van der Waals surface area contributed by atoms with Gasteiger partial charge in [-0.15, -0.1) is 24.0 Å². The van der Waals surface area contributed by atoms with E-state index in [0.29, 0.717) is 18.2 Å². The third kappa shape index (κ3) is 4.82. The molecule has 2 saturated heterocycles. The monoisotopic (exact) mass is 529 g/mol. The lowest BCUT2D eigenvalue weighted by Crippen LogP contribution is -2.51. The molecule has 1 aliphatic carbocycles. The van der Waals surface area contributed by atoms with Gasteiger partial charge in [-0.25, -0.2) is 0 Å². The Bertz CT molecular complexity index is 736. The Labute approximate surface area is 197 Å². The topological polar surface area (TPSA) is 64.1 Å². The molecule has 168 valence electrons. The molecule has 3 aliphatic rings. The van der Waals surface area contributed by atoms with Crippen LogP contribution in [0.15, 0.2) is 23.2 Å². The van der Waals surface area contributed by atoms with E-state index in [9.17, 15) is 0 Å². The van der Waals surface area contributed by atoms with Crippen LogP contribution in [0.1, 0.15) is 56.9 Å². The highest BCUT2D eigenvalue weighted by Crippen LogP contribution is 2.42. The molecule has 7 heteroatoms. The Balaban J connectivity index is 0.00000256. The second-order valence-corrected chi connectivity index (χ2v) is 8.70. The maximum atomic E-state index is 5.99. The minimum absolute atomic E-state index is 0. The number of nitrogens with one attached hydrogen (secondary N) is 2. The van der Waals surface area contributed by atoms with Crippen molar-refractivity contribution >= 4 is 29.9 Å². The second kappa shape index (κ2) is 10.4. The first-order valence-electron chi connectivity index (χ1n) is 11.0. The predicted molar refractivity (Wildman–Crippen MR) is 131 cm³/mol. The summed E-state index contributed by atoms with van der Waals surface area (Å²) in [4.78, 5) is 4.50. The van der Waals surface area contributed by atoms with Gasteiger partial charge in [-0.05, 0) is 49.8 Å². The van der Waals surface area contributed by atoms with E-state index in [-0.39, 0.29) is 29.4 Å². The Morgan fingerprint density at radius 3 is 2.50 bits per heavy atom. The highest BCUT2D eigenvalue weighted by molar-refractivity contribution is 14.0. The summed E-state index contributed by atoms with van der Waals surface area (Å²) in [6, 6.07) is 6.77. The van der Waals surface area contributed by atoms with Crippen LogP contribution in [0.25, 0.3) is 0 Å². The number of guanidine groups is 1. The number of rotatable bonds is 6. The van der Waals surface area contributed by atoms with Gasteiger partial charge in [0.25, 0.3) is 0 Å². The fourth-order valence-corrected chi connectivity index (χ4v) is 5.38. The van der Waals surface area contributed by atoms with E-state index in [2.05, 4.69) is 27.8 Å². The highest BCUT2D eigenvalue weighted by Gasteiger charge is 2.41. The molecule has 0 spiro atoms. The molecule has 2 bridgehead atoms. The third-order valence-electron chi connectivity index (χ3n) is 7.05. The van der Waals surface area contributed by atoms with E-state index in [4.69, 9.17) is 14.2 Å². The van der Waals surface area contributed by atoms with Gasteiger partial charge < -0.3 is 24.8 Å². The molecular formula is C23H36IN3O3. The number of halogens is 1. The van der Waals surface area contributed by atoms with Crippen LogP contribution in [0.2, 0.25) is 0 Å². The van der Waals surface area contributed by atoms with Crippen molar-refractivity contribution in [2.24, 2.45) is 4.99 Å². The second-order valence-electron chi connectivity index (χ2n) is 8.70. The van der Waals surface area contributed by atoms with Gasteiger partial charge >= 0.3 is 0 Å².